The van der Waals surface area contributed by atoms with Crippen LogP contribution in [-0.2, 0) is 22.7 Å². The molecule has 0 bridgehead atoms. The first kappa shape index (κ1) is 26.3. The molecule has 2 aromatic carbocycles. The second kappa shape index (κ2) is 11.5. The molecule has 0 unspecified atom stereocenters. The topological polar surface area (TPSA) is 100 Å². The molecule has 0 aliphatic rings. The molecule has 4 aromatic rings. The van der Waals surface area contributed by atoms with Crippen molar-refractivity contribution in [1.29, 1.82) is 0 Å². The Morgan fingerprint density at radius 3 is 2.62 bits per heavy atom. The molecule has 194 valence electrons. The monoisotopic (exact) mass is 519 g/mol. The third-order valence-corrected chi connectivity index (χ3v) is 7.49. The maximum Gasteiger partial charge on any atom is 0.341 e. The smallest absolute Gasteiger partial charge is 0.341 e. The van der Waals surface area contributed by atoms with E-state index >= 15 is 0 Å². The minimum absolute atomic E-state index is 0.0257. The summed E-state index contributed by atoms with van der Waals surface area (Å²) < 4.78 is 13.9. The van der Waals surface area contributed by atoms with Gasteiger partial charge in [-0.1, -0.05) is 50.0 Å². The van der Waals surface area contributed by atoms with E-state index in [-0.39, 0.29) is 30.4 Å². The van der Waals surface area contributed by atoms with E-state index in [0.717, 1.165) is 17.3 Å². The lowest BCUT2D eigenvalue weighted by Gasteiger charge is -2.17. The van der Waals surface area contributed by atoms with E-state index in [0.29, 0.717) is 24.1 Å². The summed E-state index contributed by atoms with van der Waals surface area (Å²) >= 11 is 0. The van der Waals surface area contributed by atoms with Crippen molar-refractivity contribution in [3.8, 4) is 5.95 Å². The summed E-state index contributed by atoms with van der Waals surface area (Å²) in [6.45, 7) is 10.0. The quantitative estimate of drug-likeness (QED) is 0.174. The number of carbonyl (C=O) groups is 1. The van der Waals surface area contributed by atoms with Gasteiger partial charge in [-0.2, -0.15) is 5.10 Å². The van der Waals surface area contributed by atoms with Crippen LogP contribution in [0.1, 0.15) is 22.8 Å². The van der Waals surface area contributed by atoms with Crippen molar-refractivity contribution in [3.05, 3.63) is 82.4 Å². The fraction of sp³-hybridized carbons (Fsp3) is 0.333. The Morgan fingerprint density at radius 2 is 1.89 bits per heavy atom. The van der Waals surface area contributed by atoms with Crippen LogP contribution in [-0.4, -0.2) is 46.6 Å². The molecule has 0 spiro atoms. The molecule has 0 radical (unpaired) electrons. The van der Waals surface area contributed by atoms with Gasteiger partial charge < -0.3 is 14.8 Å². The van der Waals surface area contributed by atoms with Crippen LogP contribution in [0.5, 0.6) is 0 Å². The zero-order valence-corrected chi connectivity index (χ0v) is 22.7. The number of aromatic nitrogens is 4. The van der Waals surface area contributed by atoms with Gasteiger partial charge in [0.05, 0.1) is 29.3 Å². The van der Waals surface area contributed by atoms with Crippen LogP contribution in [0.2, 0.25) is 25.7 Å². The Kier molecular flexibility index (Phi) is 8.20. The van der Waals surface area contributed by atoms with Crippen LogP contribution in [0.3, 0.4) is 0 Å². The van der Waals surface area contributed by atoms with E-state index in [1.807, 2.05) is 42.5 Å². The molecule has 0 fully saturated rings. The molecule has 2 heterocycles. The SMILES string of the molecule is CCOC(=O)c1cnn(-c2nc3ccc(NCc4ccccc4)cc3c(=O)n2COCC[Si](C)(C)C)c1. The van der Waals surface area contributed by atoms with Crippen LogP contribution in [0.15, 0.2) is 65.7 Å². The fourth-order valence-corrected chi connectivity index (χ4v) is 4.45. The van der Waals surface area contributed by atoms with Crippen molar-refractivity contribution < 1.29 is 14.3 Å². The third-order valence-electron chi connectivity index (χ3n) is 5.79. The first-order valence-corrected chi connectivity index (χ1v) is 16.1. The second-order valence-electron chi connectivity index (χ2n) is 9.96. The molecule has 0 amide bonds. The second-order valence-corrected chi connectivity index (χ2v) is 15.6. The van der Waals surface area contributed by atoms with Crippen molar-refractivity contribution in [2.45, 2.75) is 45.9 Å². The van der Waals surface area contributed by atoms with Crippen molar-refractivity contribution >= 4 is 30.6 Å². The Balaban J connectivity index is 1.68. The van der Waals surface area contributed by atoms with Crippen LogP contribution in [0.25, 0.3) is 16.9 Å². The zero-order valence-electron chi connectivity index (χ0n) is 21.7. The Bertz CT molecular complexity index is 1430. The fourth-order valence-electron chi connectivity index (χ4n) is 3.70. The molecule has 37 heavy (non-hydrogen) atoms. The Hall–Kier alpha value is -3.76. The number of esters is 1. The number of carbonyl (C=O) groups excluding carboxylic acids is 1. The van der Waals surface area contributed by atoms with Gasteiger partial charge in [-0.3, -0.25) is 9.36 Å². The summed E-state index contributed by atoms with van der Waals surface area (Å²) in [5.41, 5.74) is 2.52. The lowest BCUT2D eigenvalue weighted by molar-refractivity contribution is 0.0526. The number of rotatable bonds is 11. The van der Waals surface area contributed by atoms with Gasteiger partial charge in [0, 0.05) is 33.1 Å². The highest BCUT2D eigenvalue weighted by Crippen LogP contribution is 2.18. The van der Waals surface area contributed by atoms with E-state index < -0.39 is 14.0 Å². The molecule has 4 rings (SSSR count). The number of ether oxygens (including phenoxy) is 2. The molecule has 0 saturated heterocycles. The summed E-state index contributed by atoms with van der Waals surface area (Å²) in [5.74, 6) is -0.213. The van der Waals surface area contributed by atoms with Crippen molar-refractivity contribution in [3.63, 3.8) is 0 Å². The highest BCUT2D eigenvalue weighted by atomic mass is 28.3. The van der Waals surface area contributed by atoms with Gasteiger partial charge >= 0.3 is 5.97 Å². The lowest BCUT2D eigenvalue weighted by atomic mass is 10.2. The van der Waals surface area contributed by atoms with Crippen LogP contribution in [0.4, 0.5) is 5.69 Å². The van der Waals surface area contributed by atoms with E-state index in [4.69, 9.17) is 14.5 Å². The molecule has 1 N–H and O–H groups in total. The highest BCUT2D eigenvalue weighted by molar-refractivity contribution is 6.76. The first-order chi connectivity index (χ1) is 17.7. The number of hydrogen-bond acceptors (Lipinski definition) is 7. The number of nitrogens with one attached hydrogen (secondary N) is 1. The average molecular weight is 520 g/mol. The standard InChI is InChI=1S/C27H33N5O4Si/c1-5-36-26(34)21-17-29-32(18-21)27-30-24-12-11-22(28-16-20-9-7-6-8-10-20)15-23(24)25(33)31(27)19-35-13-14-37(2,3)4/h6-12,15,17-18,28H,5,13-14,16,19H2,1-4H3. The minimum Gasteiger partial charge on any atom is -0.462 e. The van der Waals surface area contributed by atoms with Crippen LogP contribution in [0, 0.1) is 0 Å². The summed E-state index contributed by atoms with van der Waals surface area (Å²) in [7, 11) is -1.30. The van der Waals surface area contributed by atoms with Crippen molar-refractivity contribution in [2.75, 3.05) is 18.5 Å². The molecular weight excluding hydrogens is 486 g/mol. The first-order valence-electron chi connectivity index (χ1n) is 12.4. The summed E-state index contributed by atoms with van der Waals surface area (Å²) in [5, 5.41) is 8.12. The van der Waals surface area contributed by atoms with Crippen LogP contribution >= 0.6 is 0 Å². The van der Waals surface area contributed by atoms with Gasteiger partial charge in [0.25, 0.3) is 5.56 Å². The molecule has 0 atom stereocenters. The summed E-state index contributed by atoms with van der Waals surface area (Å²) in [6.07, 6.45) is 2.92. The van der Waals surface area contributed by atoms with Gasteiger partial charge in [-0.25, -0.2) is 14.5 Å². The molecule has 10 heteroatoms. The predicted molar refractivity (Wildman–Crippen MR) is 147 cm³/mol. The Morgan fingerprint density at radius 1 is 1.11 bits per heavy atom. The maximum absolute atomic E-state index is 13.7. The molecular formula is C27H33N5O4Si. The van der Waals surface area contributed by atoms with Crippen LogP contribution < -0.4 is 10.9 Å². The molecule has 0 saturated carbocycles. The third kappa shape index (κ3) is 6.72. The summed E-state index contributed by atoms with van der Waals surface area (Å²) in [4.78, 5) is 30.6. The molecule has 0 aliphatic heterocycles. The van der Waals surface area contributed by atoms with Crippen molar-refractivity contribution in [1.82, 2.24) is 19.3 Å². The minimum atomic E-state index is -1.30. The van der Waals surface area contributed by atoms with Gasteiger partial charge in [0.15, 0.2) is 0 Å². The van der Waals surface area contributed by atoms with Gasteiger partial charge in [0.1, 0.15) is 6.73 Å². The predicted octanol–water partition coefficient (Wildman–Crippen LogP) is 4.68. The normalized spacial score (nSPS) is 11.6. The van der Waals surface area contributed by atoms with Gasteiger partial charge in [0.2, 0.25) is 5.95 Å². The Labute approximate surface area is 217 Å². The molecule has 9 nitrogen and oxygen atoms in total. The molecule has 0 aliphatic carbocycles. The number of nitrogens with zero attached hydrogens (tertiary/aromatic N) is 4. The van der Waals surface area contributed by atoms with E-state index in [1.165, 1.54) is 21.6 Å². The average Bonchev–Trinajstić information content (AvgIpc) is 3.37. The summed E-state index contributed by atoms with van der Waals surface area (Å²) in [6, 6.07) is 16.5. The van der Waals surface area contributed by atoms with E-state index in [1.54, 1.807) is 13.0 Å². The number of hydrogen-bond donors (Lipinski definition) is 1. The highest BCUT2D eigenvalue weighted by Gasteiger charge is 2.18. The van der Waals surface area contributed by atoms with E-state index in [9.17, 15) is 9.59 Å². The number of anilines is 1. The lowest BCUT2D eigenvalue weighted by Crippen LogP contribution is -2.28. The van der Waals surface area contributed by atoms with E-state index in [2.05, 4.69) is 30.1 Å². The van der Waals surface area contributed by atoms with Crippen molar-refractivity contribution in [2.24, 2.45) is 0 Å². The number of benzene rings is 2. The van der Waals surface area contributed by atoms with Gasteiger partial charge in [-0.05, 0) is 36.7 Å². The molecule has 2 aromatic heterocycles. The number of fused-ring (bicyclic) bond motifs is 1. The largest absolute Gasteiger partial charge is 0.462 e. The zero-order chi connectivity index (χ0) is 26.4. The van der Waals surface area contributed by atoms with Gasteiger partial charge in [-0.15, -0.1) is 0 Å². The maximum atomic E-state index is 13.7.